The maximum Gasteiger partial charge on any atom is 0.573 e. The molecule has 576 valence electrons. The van der Waals surface area contributed by atoms with E-state index < -0.39 is 34.4 Å². The van der Waals surface area contributed by atoms with Crippen LogP contribution >= 0.6 is 22.7 Å². The number of amides is 4. The van der Waals surface area contributed by atoms with Crippen molar-refractivity contribution in [2.75, 3.05) is 28.2 Å². The Morgan fingerprint density at radius 1 is 0.634 bits per heavy atom. The number of guanidine groups is 4. The molecular formula is C85H88F3N17O5S2. The molecule has 4 aromatic heterocycles. The lowest BCUT2D eigenvalue weighted by atomic mass is 9.77. The highest BCUT2D eigenvalue weighted by atomic mass is 32.1. The molecule has 4 amide bonds. The monoisotopic (exact) mass is 1550 g/mol. The number of nitrogens with two attached hydrogens (primary N) is 4. The number of pyridine rings is 1. The topological polar surface area (TPSA) is 333 Å². The van der Waals surface area contributed by atoms with Crippen molar-refractivity contribution in [3.05, 3.63) is 235 Å². The van der Waals surface area contributed by atoms with Crippen LogP contribution in [0.25, 0.3) is 50.1 Å². The van der Waals surface area contributed by atoms with Gasteiger partial charge in [0.25, 0.3) is 5.91 Å². The van der Waals surface area contributed by atoms with Gasteiger partial charge in [-0.1, -0.05) is 123 Å². The quantitative estimate of drug-likeness (QED) is 0.0562. The van der Waals surface area contributed by atoms with Crippen LogP contribution < -0.4 is 27.7 Å². The Balaban J connectivity index is 0.000000151. The number of thiophene rings is 2. The number of hydrogen-bond donors (Lipinski definition) is 5. The van der Waals surface area contributed by atoms with E-state index in [1.165, 1.54) is 80.7 Å². The van der Waals surface area contributed by atoms with E-state index in [9.17, 15) is 42.9 Å². The lowest BCUT2D eigenvalue weighted by Gasteiger charge is -2.40. The number of carbonyl (C=O) groups is 4. The van der Waals surface area contributed by atoms with E-state index >= 15 is 0 Å². The molecule has 8 heterocycles. The Labute approximate surface area is 656 Å². The van der Waals surface area contributed by atoms with Crippen molar-refractivity contribution >= 4 is 98.0 Å². The van der Waals surface area contributed by atoms with Gasteiger partial charge in [0.1, 0.15) is 16.8 Å². The van der Waals surface area contributed by atoms with E-state index in [4.69, 9.17) is 27.9 Å². The molecule has 0 saturated carbocycles. The van der Waals surface area contributed by atoms with Crippen LogP contribution in [0.15, 0.2) is 201 Å². The zero-order valence-electron chi connectivity index (χ0n) is 64.0. The number of benzene rings is 6. The number of unbranched alkanes of at least 4 members (excludes halogenated alkanes) is 1. The number of aromatic nitrogens is 3. The highest BCUT2D eigenvalue weighted by Gasteiger charge is 2.50. The smallest absolute Gasteiger partial charge is 0.406 e. The summed E-state index contributed by atoms with van der Waals surface area (Å²) in [5.74, 6) is -0.572. The summed E-state index contributed by atoms with van der Waals surface area (Å²) in [6.07, 6.45) is 6.48. The maximum absolute atomic E-state index is 13.3. The second-order valence-electron chi connectivity index (χ2n) is 29.2. The number of fused-ring (bicyclic) bond motifs is 2. The number of nitrogens with one attached hydrogen (secondary N) is 1. The summed E-state index contributed by atoms with van der Waals surface area (Å²) >= 11 is 2.95. The number of aliphatic imine (C=N–C) groups is 4. The van der Waals surface area contributed by atoms with Gasteiger partial charge >= 0.3 is 6.36 Å². The summed E-state index contributed by atoms with van der Waals surface area (Å²) in [5.41, 5.74) is 32.8. The van der Waals surface area contributed by atoms with Gasteiger partial charge in [0.2, 0.25) is 17.7 Å². The van der Waals surface area contributed by atoms with E-state index in [0.29, 0.717) is 29.5 Å². The number of hydrogen-bond acceptors (Lipinski definition) is 19. The second-order valence-corrected chi connectivity index (χ2v) is 31.1. The number of rotatable bonds is 16. The van der Waals surface area contributed by atoms with Crippen LogP contribution in [0.2, 0.25) is 0 Å². The molecule has 4 aliphatic heterocycles. The Morgan fingerprint density at radius 2 is 1.22 bits per heavy atom. The van der Waals surface area contributed by atoms with Gasteiger partial charge in [-0.25, -0.2) is 20.0 Å². The van der Waals surface area contributed by atoms with Gasteiger partial charge in [-0.3, -0.25) is 48.9 Å². The highest BCUT2D eigenvalue weighted by Crippen LogP contribution is 2.49. The van der Waals surface area contributed by atoms with Gasteiger partial charge < -0.3 is 27.7 Å². The second kappa shape index (κ2) is 33.1. The average molecular weight is 1550 g/mol. The van der Waals surface area contributed by atoms with Crippen molar-refractivity contribution in [1.82, 2.24) is 34.8 Å². The van der Waals surface area contributed by atoms with Crippen molar-refractivity contribution in [2.45, 2.75) is 121 Å². The van der Waals surface area contributed by atoms with Crippen LogP contribution in [-0.4, -0.2) is 117 Å². The van der Waals surface area contributed by atoms with Crippen molar-refractivity contribution < 1.29 is 37.1 Å². The number of alkyl halides is 3. The zero-order valence-corrected chi connectivity index (χ0v) is 65.7. The Bertz CT molecular complexity index is 5480. The molecule has 0 aliphatic carbocycles. The number of carbonyl (C=O) groups excluding carboxylic acids is 4. The molecule has 112 heavy (non-hydrogen) atoms. The zero-order chi connectivity index (χ0) is 80.8. The molecule has 0 saturated heterocycles. The van der Waals surface area contributed by atoms with Gasteiger partial charge in [-0.15, -0.1) is 35.8 Å². The lowest BCUT2D eigenvalue weighted by molar-refractivity contribution is -0.274. The molecule has 9 N–H and O–H groups in total. The fourth-order valence-electron chi connectivity index (χ4n) is 14.0. The normalized spacial score (nSPS) is 21.1. The molecule has 10 aromatic rings. The molecule has 22 nitrogen and oxygen atoms in total. The summed E-state index contributed by atoms with van der Waals surface area (Å²) in [6, 6.07) is 52.0. The number of allylic oxidation sites excluding steroid dienone is 1. The number of likely N-dealkylation sites (N-methyl/N-ethyl adjacent to an activating group) is 2. The summed E-state index contributed by atoms with van der Waals surface area (Å²) in [7, 11) is 6.47. The van der Waals surface area contributed by atoms with Crippen LogP contribution in [0.3, 0.4) is 0 Å². The Morgan fingerprint density at radius 3 is 1.82 bits per heavy atom. The fourth-order valence-corrected chi connectivity index (χ4v) is 16.1. The molecule has 6 aromatic carbocycles. The maximum atomic E-state index is 13.3. The summed E-state index contributed by atoms with van der Waals surface area (Å²) in [6.45, 7) is 14.1. The number of halogens is 3. The standard InChI is InChI=1S/C27H26N4OS.C24H19F3N4O2S.C20H29N5O.C14H14N4O/c1-18-7-4-8-19(13-18)9-6-12-23-25(32)31(3)26(29)30-27(23,2)24-15-22(17-33-24)21-11-5-10-20(14-21)16-28;1-23(19-11-17(13-34-19)16-5-3-4-14(10-16)12-28)20(21(32)31(2)22(29)30-23)15-6-8-18(9-7-15)33-24(25,26)27;1-13(2)7-5-6-8-16-15-11-14(9-10-17(15)24-23-16)20(3)12-18(26)25(4)19(21)22-20;1-14(12(19)18(2)13(15)17-14)10-5-6-11-9(8-10)4-3-7-16-11/h4-11,13-15,17,23H,12H2,1-3H3,(H2,29,30);3-11,13,20H,1-2H3,(H2,29,30);9-11,13H,5-8,12H2,1-4H3,(H2,21,22)(H,23,24);3-8H,1-2H3,(H2,15,17)/b9-6+;;;/t23?,27-;20-,23+;20-;/m000./s1. The van der Waals surface area contributed by atoms with Gasteiger partial charge in [0, 0.05) is 60.6 Å². The van der Waals surface area contributed by atoms with Crippen LogP contribution in [-0.2, 0) is 47.8 Å². The van der Waals surface area contributed by atoms with Gasteiger partial charge in [-0.05, 0) is 194 Å². The molecule has 4 aliphatic rings. The Hall–Kier alpha value is -12.3. The first kappa shape index (κ1) is 80.7. The molecule has 0 radical (unpaired) electrons. The predicted molar refractivity (Wildman–Crippen MR) is 435 cm³/mol. The molecular weight excluding hydrogens is 1460 g/mol. The van der Waals surface area contributed by atoms with Crippen molar-refractivity contribution in [3.8, 4) is 40.1 Å². The van der Waals surface area contributed by atoms with Crippen molar-refractivity contribution in [2.24, 2.45) is 54.7 Å². The minimum atomic E-state index is -4.81. The lowest BCUT2D eigenvalue weighted by Crippen LogP contribution is -2.53. The first-order valence-electron chi connectivity index (χ1n) is 36.3. The molecule has 27 heteroatoms. The summed E-state index contributed by atoms with van der Waals surface area (Å²) in [4.78, 5) is 81.0. The molecule has 2 unspecified atom stereocenters. The van der Waals surface area contributed by atoms with Crippen LogP contribution in [0.5, 0.6) is 5.75 Å². The van der Waals surface area contributed by atoms with E-state index in [2.05, 4.69) is 104 Å². The molecule has 14 rings (SSSR count). The Kier molecular flexibility index (Phi) is 23.8. The minimum absolute atomic E-state index is 0.0128. The first-order chi connectivity index (χ1) is 53.1. The third-order valence-corrected chi connectivity index (χ3v) is 23.0. The van der Waals surface area contributed by atoms with E-state index in [1.54, 1.807) is 76.8 Å². The molecule has 0 fully saturated rings. The fraction of sp³-hybridized carbons (Fsp3) is 0.294. The molecule has 0 spiro atoms. The van der Waals surface area contributed by atoms with Crippen molar-refractivity contribution in [1.29, 1.82) is 10.5 Å². The van der Waals surface area contributed by atoms with Gasteiger partial charge in [-0.2, -0.15) is 15.6 Å². The molecule has 6 atom stereocenters. The number of aryl methyl sites for hydroxylation is 2. The van der Waals surface area contributed by atoms with Crippen LogP contribution in [0, 0.1) is 41.4 Å². The summed E-state index contributed by atoms with van der Waals surface area (Å²) in [5, 5.41) is 32.1. The van der Waals surface area contributed by atoms with Gasteiger partial charge in [0.05, 0.1) is 58.1 Å². The number of H-pyrrole nitrogens is 1. The number of ether oxygens (including phenoxy) is 1. The average Bonchev–Trinajstić information content (AvgIpc) is 1.27. The predicted octanol–water partition coefficient (Wildman–Crippen LogP) is 14.8. The number of aromatic amines is 1. The largest absolute Gasteiger partial charge is 0.573 e. The third-order valence-electron chi connectivity index (χ3n) is 20.7. The third kappa shape index (κ3) is 17.5. The van der Waals surface area contributed by atoms with Crippen LogP contribution in [0.4, 0.5) is 13.2 Å². The van der Waals surface area contributed by atoms with Crippen molar-refractivity contribution in [3.63, 3.8) is 0 Å². The van der Waals surface area contributed by atoms with Gasteiger partial charge in [0.15, 0.2) is 29.4 Å². The first-order valence-corrected chi connectivity index (χ1v) is 38.0. The number of nitriles is 2. The van der Waals surface area contributed by atoms with E-state index in [-0.39, 0.29) is 59.1 Å². The molecule has 0 bridgehead atoms. The van der Waals surface area contributed by atoms with E-state index in [0.717, 1.165) is 95.0 Å². The number of nitrogens with zero attached hydrogens (tertiary/aromatic N) is 12. The van der Waals surface area contributed by atoms with Crippen LogP contribution in [0.1, 0.15) is 134 Å². The summed E-state index contributed by atoms with van der Waals surface area (Å²) < 4.78 is 41.6. The van der Waals surface area contributed by atoms with E-state index in [1.807, 2.05) is 110 Å². The highest BCUT2D eigenvalue weighted by molar-refractivity contribution is 7.11. The minimum Gasteiger partial charge on any atom is -0.406 e. The SMILES string of the molecule is CC(C)CCCCc1[nH]nc2ccc([C@]3(C)CC(=O)N(C)C(N)=N3)cc12.CN1C(=O)C(C)(c2ccc3ncccc3c2)N=C1N.CN1C(=O)[C@H](c2ccc(OC(F)(F)F)cc2)[C@@](C)(c2cc(-c3cccc(C#N)c3)cs2)N=C1N.Cc1cccc(/C=C/CC2C(=O)N(C)C(N)=N[C@]2(C)c2cc(-c3cccc(C#N)c3)cs2)c1.